The molecule has 0 amide bonds. The Balaban J connectivity index is 2.89. The number of ether oxygens (including phenoxy) is 2. The van der Waals surface area contributed by atoms with Crippen molar-refractivity contribution in [3.63, 3.8) is 0 Å². The second-order valence-corrected chi connectivity index (χ2v) is 6.68. The highest BCUT2D eigenvalue weighted by Gasteiger charge is 2.43. The molecule has 1 fully saturated rings. The Morgan fingerprint density at radius 3 is 2.58 bits per heavy atom. The number of carbonyl (C=O) groups is 3. The smallest absolute Gasteiger partial charge is 0.306 e. The number of aliphatic hydroxyl groups is 1. The van der Waals surface area contributed by atoms with Crippen molar-refractivity contribution < 1.29 is 34.1 Å². The quantitative estimate of drug-likeness (QED) is 0.235. The number of carbonyl (C=O) groups excluding carboxylic acids is 2. The van der Waals surface area contributed by atoms with Gasteiger partial charge in [-0.15, -0.1) is 0 Å². The third-order valence-electron chi connectivity index (χ3n) is 4.74. The van der Waals surface area contributed by atoms with E-state index in [1.54, 1.807) is 19.1 Å². The van der Waals surface area contributed by atoms with Crippen LogP contribution < -0.4 is 0 Å². The molecule has 0 unspecified atom stereocenters. The van der Waals surface area contributed by atoms with Gasteiger partial charge < -0.3 is 19.7 Å². The Morgan fingerprint density at radius 1 is 1.27 bits per heavy atom. The molecule has 2 N–H and O–H groups in total. The predicted molar refractivity (Wildman–Crippen MR) is 94.2 cm³/mol. The van der Waals surface area contributed by atoms with Crippen LogP contribution >= 0.6 is 0 Å². The van der Waals surface area contributed by atoms with Gasteiger partial charge in [0.15, 0.2) is 0 Å². The molecule has 0 saturated heterocycles. The number of esters is 1. The number of carboxylic acid groups (broad SMARTS) is 1. The fraction of sp³-hybridized carbons (Fsp3) is 0.737. The summed E-state index contributed by atoms with van der Waals surface area (Å²) in [5, 5.41) is 19.2. The zero-order valence-electron chi connectivity index (χ0n) is 15.5. The van der Waals surface area contributed by atoms with Crippen LogP contribution in [0.25, 0.3) is 0 Å². The van der Waals surface area contributed by atoms with Crippen molar-refractivity contribution in [3.8, 4) is 0 Å². The molecule has 1 rings (SSSR count). The zero-order valence-corrected chi connectivity index (χ0v) is 15.5. The van der Waals surface area contributed by atoms with Crippen molar-refractivity contribution in [1.29, 1.82) is 0 Å². The van der Waals surface area contributed by atoms with Crippen LogP contribution in [0.15, 0.2) is 12.2 Å². The van der Waals surface area contributed by atoms with E-state index in [-0.39, 0.29) is 25.2 Å². The van der Waals surface area contributed by atoms with E-state index in [2.05, 4.69) is 6.92 Å². The molecule has 0 aromatic heterocycles. The van der Waals surface area contributed by atoms with Crippen molar-refractivity contribution in [2.45, 2.75) is 77.1 Å². The van der Waals surface area contributed by atoms with Gasteiger partial charge in [-0.1, -0.05) is 32.8 Å². The molecule has 7 heteroatoms. The molecule has 7 nitrogen and oxygen atoms in total. The summed E-state index contributed by atoms with van der Waals surface area (Å²) in [4.78, 5) is 33.5. The summed E-state index contributed by atoms with van der Waals surface area (Å²) < 4.78 is 10.5. The highest BCUT2D eigenvalue weighted by Crippen LogP contribution is 2.37. The lowest BCUT2D eigenvalue weighted by atomic mass is 9.89. The van der Waals surface area contributed by atoms with Crippen LogP contribution in [0, 0.1) is 11.8 Å². The van der Waals surface area contributed by atoms with Crippen molar-refractivity contribution >= 4 is 18.4 Å². The Labute approximate surface area is 154 Å². The third kappa shape index (κ3) is 7.15. The van der Waals surface area contributed by atoms with Crippen molar-refractivity contribution in [1.82, 2.24) is 0 Å². The first kappa shape index (κ1) is 22.2. The summed E-state index contributed by atoms with van der Waals surface area (Å²) in [5.74, 6) is -2.30. The summed E-state index contributed by atoms with van der Waals surface area (Å²) >= 11 is 0. The molecule has 1 aliphatic rings. The Bertz CT molecular complexity index is 488. The lowest BCUT2D eigenvalue weighted by Gasteiger charge is -2.21. The fourth-order valence-corrected chi connectivity index (χ4v) is 3.35. The summed E-state index contributed by atoms with van der Waals surface area (Å²) in [5.41, 5.74) is 0. The molecular weight excluding hydrogens is 340 g/mol. The molecule has 0 heterocycles. The summed E-state index contributed by atoms with van der Waals surface area (Å²) in [7, 11) is 0. The molecule has 0 aliphatic heterocycles. The van der Waals surface area contributed by atoms with Gasteiger partial charge in [0.1, 0.15) is 12.2 Å². The molecule has 0 aromatic rings. The van der Waals surface area contributed by atoms with E-state index in [0.717, 1.165) is 19.3 Å². The lowest BCUT2D eigenvalue weighted by molar-refractivity contribution is -0.146. The maximum Gasteiger partial charge on any atom is 0.306 e. The van der Waals surface area contributed by atoms with Crippen LogP contribution in [-0.4, -0.2) is 46.9 Å². The molecule has 148 valence electrons. The first-order chi connectivity index (χ1) is 12.4. The Hall–Kier alpha value is -1.89. The number of hydrogen-bond donors (Lipinski definition) is 2. The van der Waals surface area contributed by atoms with Gasteiger partial charge in [-0.05, 0) is 18.9 Å². The standard InChI is InChI=1S/C19H30O7/c1-3-5-6-7-13(26-19(24)4-2)8-9-14-15(10-18(22)23)16(21)11-17(14)25-12-20/h8-9,12-17,21H,3-7,10-11H2,1-2H3,(H,22,23)/t13-,14+,15+,16-,17+/m0/s1. The fourth-order valence-electron chi connectivity index (χ4n) is 3.35. The van der Waals surface area contributed by atoms with E-state index in [1.807, 2.05) is 0 Å². The van der Waals surface area contributed by atoms with E-state index >= 15 is 0 Å². The maximum absolute atomic E-state index is 11.6. The molecule has 1 aliphatic carbocycles. The zero-order chi connectivity index (χ0) is 19.5. The molecule has 0 radical (unpaired) electrons. The molecular formula is C19H30O7. The van der Waals surface area contributed by atoms with Gasteiger partial charge in [-0.25, -0.2) is 0 Å². The van der Waals surface area contributed by atoms with Gasteiger partial charge >= 0.3 is 11.9 Å². The lowest BCUT2D eigenvalue weighted by Crippen LogP contribution is -2.25. The molecule has 1 saturated carbocycles. The Morgan fingerprint density at radius 2 is 2.00 bits per heavy atom. The topological polar surface area (TPSA) is 110 Å². The molecule has 0 spiro atoms. The predicted octanol–water partition coefficient (Wildman–Crippen LogP) is 2.46. The minimum absolute atomic E-state index is 0.195. The van der Waals surface area contributed by atoms with Gasteiger partial charge in [-0.2, -0.15) is 0 Å². The SMILES string of the molecule is CCCCC[C@@H](C=C[C@@H]1[C@@H](CC(=O)O)[C@@H](O)C[C@H]1OC=O)OC(=O)CC. The van der Waals surface area contributed by atoms with E-state index in [9.17, 15) is 19.5 Å². The first-order valence-corrected chi connectivity index (χ1v) is 9.29. The number of aliphatic hydroxyl groups excluding tert-OH is 1. The van der Waals surface area contributed by atoms with E-state index in [1.165, 1.54) is 0 Å². The number of rotatable bonds is 12. The first-order valence-electron chi connectivity index (χ1n) is 9.29. The van der Waals surface area contributed by atoms with E-state index in [4.69, 9.17) is 14.6 Å². The highest BCUT2D eigenvalue weighted by molar-refractivity contribution is 5.69. The maximum atomic E-state index is 11.6. The summed E-state index contributed by atoms with van der Waals surface area (Å²) in [6, 6.07) is 0. The minimum atomic E-state index is -1.02. The van der Waals surface area contributed by atoms with Crippen LogP contribution in [0.4, 0.5) is 0 Å². The van der Waals surface area contributed by atoms with Gasteiger partial charge in [0, 0.05) is 24.7 Å². The molecule has 0 aromatic carbocycles. The van der Waals surface area contributed by atoms with Crippen LogP contribution in [0.5, 0.6) is 0 Å². The monoisotopic (exact) mass is 370 g/mol. The largest absolute Gasteiger partial charge is 0.481 e. The number of unbranched alkanes of at least 4 members (excludes halogenated alkanes) is 2. The highest BCUT2D eigenvalue weighted by atomic mass is 16.5. The summed E-state index contributed by atoms with van der Waals surface area (Å²) in [6.07, 6.45) is 5.52. The second-order valence-electron chi connectivity index (χ2n) is 6.68. The van der Waals surface area contributed by atoms with Gasteiger partial charge in [-0.3, -0.25) is 14.4 Å². The minimum Gasteiger partial charge on any atom is -0.481 e. The van der Waals surface area contributed by atoms with Gasteiger partial charge in [0.05, 0.1) is 12.5 Å². The second kappa shape index (κ2) is 11.7. The average Bonchev–Trinajstić information content (AvgIpc) is 2.87. The van der Waals surface area contributed by atoms with Crippen molar-refractivity contribution in [2.75, 3.05) is 0 Å². The summed E-state index contributed by atoms with van der Waals surface area (Å²) in [6.45, 7) is 4.12. The van der Waals surface area contributed by atoms with Crippen LogP contribution in [0.1, 0.15) is 58.8 Å². The van der Waals surface area contributed by atoms with Crippen LogP contribution in [-0.2, 0) is 23.9 Å². The van der Waals surface area contributed by atoms with Crippen LogP contribution in [0.3, 0.4) is 0 Å². The van der Waals surface area contributed by atoms with Crippen LogP contribution in [0.2, 0.25) is 0 Å². The van der Waals surface area contributed by atoms with E-state index in [0.29, 0.717) is 12.9 Å². The van der Waals surface area contributed by atoms with Gasteiger partial charge in [0.2, 0.25) is 0 Å². The molecule has 0 bridgehead atoms. The number of aliphatic carboxylic acids is 1. The normalized spacial score (nSPS) is 26.6. The van der Waals surface area contributed by atoms with Crippen molar-refractivity contribution in [2.24, 2.45) is 11.8 Å². The third-order valence-corrected chi connectivity index (χ3v) is 4.74. The number of hydrogen-bond acceptors (Lipinski definition) is 6. The molecule has 26 heavy (non-hydrogen) atoms. The molecule has 5 atom stereocenters. The number of carboxylic acids is 1. The Kier molecular flexibility index (Phi) is 9.95. The van der Waals surface area contributed by atoms with Crippen molar-refractivity contribution in [3.05, 3.63) is 12.2 Å². The average molecular weight is 370 g/mol. The van der Waals surface area contributed by atoms with E-state index < -0.39 is 36.1 Å². The van der Waals surface area contributed by atoms with Gasteiger partial charge in [0.25, 0.3) is 6.47 Å².